The quantitative estimate of drug-likeness (QED) is 0.151. The molecule has 1 N–H and O–H groups in total. The van der Waals surface area contributed by atoms with Crippen molar-refractivity contribution in [3.05, 3.63) is 34.9 Å². The Morgan fingerprint density at radius 3 is 1.80 bits per heavy atom. The molecule has 0 heterocycles. The maximum atomic E-state index is 13.1. The molecule has 30 heavy (non-hydrogen) atoms. The molecule has 0 rings (SSSR count). The van der Waals surface area contributed by atoms with Crippen LogP contribution in [0.2, 0.25) is 0 Å². The summed E-state index contributed by atoms with van der Waals surface area (Å²) in [6.45, 7) is 13.7. The Balaban J connectivity index is 4.69. The Kier molecular flexibility index (Phi) is 14.2. The molecule has 1 unspecified atom stereocenters. The lowest BCUT2D eigenvalue weighted by molar-refractivity contribution is -0.140. The molecule has 0 saturated carbocycles. The maximum Gasteiger partial charge on any atom is 0.347 e. The number of hydrogen-bond acceptors (Lipinski definition) is 4. The van der Waals surface area contributed by atoms with Crippen molar-refractivity contribution in [1.29, 1.82) is 0 Å². The van der Waals surface area contributed by atoms with Gasteiger partial charge in [-0.15, -0.1) is 0 Å². The molecule has 0 aromatic heterocycles. The summed E-state index contributed by atoms with van der Waals surface area (Å²) < 4.78 is 23.7. The highest BCUT2D eigenvalue weighted by atomic mass is 31.2. The van der Waals surface area contributed by atoms with Crippen molar-refractivity contribution in [2.24, 2.45) is 0 Å². The first kappa shape index (κ1) is 28.8. The normalized spacial score (nSPS) is 15.0. The molecule has 0 bridgehead atoms. The number of unbranched alkanes of at least 4 members (excludes halogenated alkanes) is 1. The van der Waals surface area contributed by atoms with E-state index in [0.717, 1.165) is 32.1 Å². The predicted molar refractivity (Wildman–Crippen MR) is 126 cm³/mol. The van der Waals surface area contributed by atoms with Gasteiger partial charge in [0.1, 0.15) is 0 Å². The second-order valence-corrected chi connectivity index (χ2v) is 10.8. The highest BCUT2D eigenvalue weighted by Crippen LogP contribution is 2.61. The summed E-state index contributed by atoms with van der Waals surface area (Å²) >= 11 is 0. The average Bonchev–Trinajstić information content (AvgIpc) is 2.64. The van der Waals surface area contributed by atoms with Crippen molar-refractivity contribution in [1.82, 2.24) is 0 Å². The fourth-order valence-electron chi connectivity index (χ4n) is 3.16. The number of carboxylic acids is 1. The molecular weight excluding hydrogens is 399 g/mol. The van der Waals surface area contributed by atoms with Crippen molar-refractivity contribution in [2.45, 2.75) is 98.6 Å². The van der Waals surface area contributed by atoms with Crippen LogP contribution in [-0.4, -0.2) is 29.4 Å². The van der Waals surface area contributed by atoms with Gasteiger partial charge in [0.2, 0.25) is 0 Å². The zero-order valence-corrected chi connectivity index (χ0v) is 21.0. The summed E-state index contributed by atoms with van der Waals surface area (Å²) in [5.74, 6) is -1.14. The van der Waals surface area contributed by atoms with Crippen LogP contribution in [0.3, 0.4) is 0 Å². The van der Waals surface area contributed by atoms with E-state index in [1.807, 2.05) is 0 Å². The number of carbonyl (C=O) groups is 1. The molecule has 0 fully saturated rings. The van der Waals surface area contributed by atoms with Gasteiger partial charge in [-0.2, -0.15) is 0 Å². The summed E-state index contributed by atoms with van der Waals surface area (Å²) in [4.78, 5) is 11.9. The van der Waals surface area contributed by atoms with E-state index >= 15 is 0 Å². The monoisotopic (exact) mass is 442 g/mol. The molecule has 6 heteroatoms. The summed E-state index contributed by atoms with van der Waals surface area (Å²) in [5, 5.41) is 8.20. The van der Waals surface area contributed by atoms with Gasteiger partial charge in [0.15, 0.2) is 5.16 Å². The number of hydrogen-bond donors (Lipinski definition) is 1. The van der Waals surface area contributed by atoms with Crippen molar-refractivity contribution < 1.29 is 23.5 Å². The van der Waals surface area contributed by atoms with E-state index in [0.29, 0.717) is 6.42 Å². The van der Waals surface area contributed by atoms with Crippen molar-refractivity contribution in [2.75, 3.05) is 13.2 Å². The molecular formula is C24H43O5P. The van der Waals surface area contributed by atoms with Crippen LogP contribution in [0.15, 0.2) is 34.9 Å². The molecule has 0 aliphatic heterocycles. The van der Waals surface area contributed by atoms with Crippen LogP contribution >= 0.6 is 7.60 Å². The minimum atomic E-state index is -3.74. The van der Waals surface area contributed by atoms with Gasteiger partial charge >= 0.3 is 13.6 Å². The van der Waals surface area contributed by atoms with Crippen LogP contribution in [-0.2, 0) is 18.4 Å². The first-order chi connectivity index (χ1) is 14.0. The van der Waals surface area contributed by atoms with Crippen molar-refractivity contribution in [3.63, 3.8) is 0 Å². The highest BCUT2D eigenvalue weighted by molar-refractivity contribution is 7.56. The van der Waals surface area contributed by atoms with Crippen LogP contribution in [0.5, 0.6) is 0 Å². The Bertz CT molecular complexity index is 649. The van der Waals surface area contributed by atoms with Crippen molar-refractivity contribution in [3.8, 4) is 0 Å². The first-order valence-corrected chi connectivity index (χ1v) is 12.6. The zero-order valence-electron chi connectivity index (χ0n) is 20.1. The third-order valence-corrected chi connectivity index (χ3v) is 7.97. The van der Waals surface area contributed by atoms with E-state index in [9.17, 15) is 14.5 Å². The molecule has 1 atom stereocenters. The number of carboxylic acid groups (broad SMARTS) is 1. The molecule has 0 aromatic rings. The summed E-state index contributed by atoms with van der Waals surface area (Å²) in [7, 11) is -3.74. The molecule has 0 spiro atoms. The van der Waals surface area contributed by atoms with Gasteiger partial charge in [-0.1, -0.05) is 34.9 Å². The van der Waals surface area contributed by atoms with Gasteiger partial charge in [0, 0.05) is 0 Å². The van der Waals surface area contributed by atoms with Crippen LogP contribution in [0.25, 0.3) is 0 Å². The van der Waals surface area contributed by atoms with Crippen LogP contribution in [0.4, 0.5) is 0 Å². The molecule has 0 saturated heterocycles. The number of allylic oxidation sites excluding steroid dienone is 6. The standard InChI is InChI=1S/C24H43O5P/c1-8-28-30(27,29-9-2)24(7,23(25)26)19-11-10-15-21(5)17-13-18-22(6)16-12-14-20(3)4/h14-15,18H,8-13,16-17,19H2,1-7H3,(H,25,26). The third kappa shape index (κ3) is 10.2. The van der Waals surface area contributed by atoms with Gasteiger partial charge in [-0.3, -0.25) is 9.36 Å². The lowest BCUT2D eigenvalue weighted by atomic mass is 10.0. The minimum Gasteiger partial charge on any atom is -0.480 e. The third-order valence-electron chi connectivity index (χ3n) is 5.15. The van der Waals surface area contributed by atoms with Gasteiger partial charge in [-0.25, -0.2) is 0 Å². The summed E-state index contributed by atoms with van der Waals surface area (Å²) in [6, 6.07) is 0. The largest absolute Gasteiger partial charge is 0.480 e. The average molecular weight is 443 g/mol. The molecule has 0 aliphatic carbocycles. The van der Waals surface area contributed by atoms with Crippen LogP contribution < -0.4 is 0 Å². The number of aliphatic carboxylic acids is 1. The Labute approximate surface area is 184 Å². The Morgan fingerprint density at radius 1 is 0.900 bits per heavy atom. The first-order valence-electron chi connectivity index (χ1n) is 11.1. The Hall–Kier alpha value is -1.16. The Morgan fingerprint density at radius 2 is 1.37 bits per heavy atom. The van der Waals surface area contributed by atoms with E-state index in [-0.39, 0.29) is 19.6 Å². The van der Waals surface area contributed by atoms with E-state index in [1.54, 1.807) is 13.8 Å². The van der Waals surface area contributed by atoms with E-state index < -0.39 is 18.7 Å². The molecule has 0 aromatic carbocycles. The van der Waals surface area contributed by atoms with Gasteiger partial charge < -0.3 is 14.2 Å². The van der Waals surface area contributed by atoms with Gasteiger partial charge in [-0.05, 0) is 93.4 Å². The summed E-state index contributed by atoms with van der Waals surface area (Å²) in [5.41, 5.74) is 4.07. The molecule has 0 aliphatic rings. The second kappa shape index (κ2) is 14.8. The van der Waals surface area contributed by atoms with E-state index in [4.69, 9.17) is 9.05 Å². The molecule has 5 nitrogen and oxygen atoms in total. The van der Waals surface area contributed by atoms with Gasteiger partial charge in [0.25, 0.3) is 0 Å². The molecule has 0 amide bonds. The minimum absolute atomic E-state index is 0.153. The molecule has 0 radical (unpaired) electrons. The smallest absolute Gasteiger partial charge is 0.347 e. The maximum absolute atomic E-state index is 13.1. The predicted octanol–water partition coefficient (Wildman–Crippen LogP) is 7.69. The zero-order chi connectivity index (χ0) is 23.2. The van der Waals surface area contributed by atoms with Crippen molar-refractivity contribution >= 4 is 13.6 Å². The van der Waals surface area contributed by atoms with Crippen LogP contribution in [0.1, 0.15) is 93.4 Å². The van der Waals surface area contributed by atoms with Gasteiger partial charge in [0.05, 0.1) is 13.2 Å². The number of rotatable bonds is 16. The fourth-order valence-corrected chi connectivity index (χ4v) is 5.15. The fraction of sp³-hybridized carbons (Fsp3) is 0.708. The lowest BCUT2D eigenvalue weighted by Crippen LogP contribution is -2.36. The SMILES string of the molecule is CCOP(=O)(OCC)C(C)(CCCC=C(C)CCC=C(C)CCC=C(C)C)C(=O)O. The van der Waals surface area contributed by atoms with Crippen LogP contribution in [0, 0.1) is 0 Å². The topological polar surface area (TPSA) is 72.8 Å². The molecule has 174 valence electrons. The van der Waals surface area contributed by atoms with E-state index in [2.05, 4.69) is 45.9 Å². The highest BCUT2D eigenvalue weighted by Gasteiger charge is 2.52. The second-order valence-electron chi connectivity index (χ2n) is 8.26. The lowest BCUT2D eigenvalue weighted by Gasteiger charge is -2.32. The summed E-state index contributed by atoms with van der Waals surface area (Å²) in [6.07, 6.45) is 12.5. The van der Waals surface area contributed by atoms with E-state index in [1.165, 1.54) is 23.6 Å².